The van der Waals surface area contributed by atoms with Crippen LogP contribution in [-0.4, -0.2) is 44.8 Å². The van der Waals surface area contributed by atoms with Crippen molar-refractivity contribution in [2.75, 3.05) is 29.9 Å². The van der Waals surface area contributed by atoms with Gasteiger partial charge in [0.15, 0.2) is 5.82 Å². The molecule has 0 amide bonds. The van der Waals surface area contributed by atoms with Crippen LogP contribution in [0.4, 0.5) is 11.6 Å². The molecular weight excluding hydrogens is 338 g/mol. The normalized spacial score (nSPS) is 14.3. The van der Waals surface area contributed by atoms with Crippen LogP contribution in [0.15, 0.2) is 48.9 Å². The van der Waals surface area contributed by atoms with E-state index in [-0.39, 0.29) is 0 Å². The summed E-state index contributed by atoms with van der Waals surface area (Å²) in [5.74, 6) is 3.60. The number of anilines is 2. The minimum atomic E-state index is 0.333. The van der Waals surface area contributed by atoms with Crippen molar-refractivity contribution in [3.8, 4) is 11.3 Å². The lowest BCUT2D eigenvalue weighted by atomic mass is 10.0. The van der Waals surface area contributed by atoms with Gasteiger partial charge in [0.1, 0.15) is 11.6 Å². The van der Waals surface area contributed by atoms with E-state index in [2.05, 4.69) is 49.2 Å². The fourth-order valence-electron chi connectivity index (χ4n) is 3.06. The van der Waals surface area contributed by atoms with Crippen LogP contribution in [0.25, 0.3) is 11.3 Å². The lowest BCUT2D eigenvalue weighted by molar-refractivity contribution is 0.425. The van der Waals surface area contributed by atoms with Crippen molar-refractivity contribution in [2.24, 2.45) is 5.92 Å². The minimum absolute atomic E-state index is 0.333. The van der Waals surface area contributed by atoms with Gasteiger partial charge in [0.2, 0.25) is 0 Å². The van der Waals surface area contributed by atoms with Gasteiger partial charge < -0.3 is 10.2 Å². The summed E-state index contributed by atoms with van der Waals surface area (Å²) in [5.41, 5.74) is 1.89. The Morgan fingerprint density at radius 2 is 1.85 bits per heavy atom. The van der Waals surface area contributed by atoms with Crippen LogP contribution in [-0.2, 0) is 0 Å². The van der Waals surface area contributed by atoms with Gasteiger partial charge in [0.05, 0.1) is 5.69 Å². The number of nitrogens with one attached hydrogen (secondary N) is 1. The van der Waals surface area contributed by atoms with Crippen molar-refractivity contribution in [3.05, 3.63) is 54.7 Å². The highest BCUT2D eigenvalue weighted by molar-refractivity contribution is 5.59. The molecule has 0 radical (unpaired) electrons. The van der Waals surface area contributed by atoms with E-state index in [4.69, 9.17) is 0 Å². The summed E-state index contributed by atoms with van der Waals surface area (Å²) in [7, 11) is 0. The first-order chi connectivity index (χ1) is 13.2. The maximum Gasteiger partial charge on any atom is 0.151 e. The molecular formula is C20H23N7. The molecule has 7 heteroatoms. The van der Waals surface area contributed by atoms with Crippen LogP contribution in [0.1, 0.15) is 25.6 Å². The van der Waals surface area contributed by atoms with Crippen LogP contribution in [0.3, 0.4) is 0 Å². The Bertz CT molecular complexity index is 874. The van der Waals surface area contributed by atoms with Crippen LogP contribution in [0, 0.1) is 5.92 Å². The van der Waals surface area contributed by atoms with Gasteiger partial charge in [-0.3, -0.25) is 4.98 Å². The second kappa shape index (κ2) is 7.65. The van der Waals surface area contributed by atoms with Crippen molar-refractivity contribution < 1.29 is 0 Å². The zero-order valence-electron chi connectivity index (χ0n) is 15.6. The summed E-state index contributed by atoms with van der Waals surface area (Å²) in [6.45, 7) is 7.04. The molecule has 3 aromatic heterocycles. The van der Waals surface area contributed by atoms with Gasteiger partial charge in [-0.2, -0.15) is 0 Å². The average Bonchev–Trinajstić information content (AvgIpc) is 2.68. The number of aromatic nitrogens is 5. The van der Waals surface area contributed by atoms with E-state index in [1.165, 1.54) is 0 Å². The second-order valence-electron chi connectivity index (χ2n) is 7.12. The van der Waals surface area contributed by atoms with Gasteiger partial charge in [-0.1, -0.05) is 13.8 Å². The molecule has 0 aliphatic carbocycles. The maximum atomic E-state index is 4.56. The van der Waals surface area contributed by atoms with Crippen molar-refractivity contribution >= 4 is 11.6 Å². The highest BCUT2D eigenvalue weighted by Gasteiger charge is 2.27. The van der Waals surface area contributed by atoms with E-state index in [1.807, 2.05) is 36.5 Å². The average molecular weight is 361 g/mol. The first kappa shape index (κ1) is 17.3. The Hall–Kier alpha value is -3.09. The van der Waals surface area contributed by atoms with E-state index in [0.29, 0.717) is 11.8 Å². The van der Waals surface area contributed by atoms with Gasteiger partial charge in [0, 0.05) is 55.6 Å². The zero-order chi connectivity index (χ0) is 18.6. The third-order valence-corrected chi connectivity index (χ3v) is 4.67. The van der Waals surface area contributed by atoms with E-state index < -0.39 is 0 Å². The molecule has 0 atom stereocenters. The van der Waals surface area contributed by atoms with Crippen molar-refractivity contribution in [1.29, 1.82) is 0 Å². The molecule has 1 fully saturated rings. The van der Waals surface area contributed by atoms with Crippen molar-refractivity contribution in [1.82, 2.24) is 25.1 Å². The van der Waals surface area contributed by atoms with Gasteiger partial charge >= 0.3 is 0 Å². The second-order valence-corrected chi connectivity index (χ2v) is 7.12. The predicted octanol–water partition coefficient (Wildman–Crippen LogP) is 3.00. The molecule has 0 aromatic carbocycles. The number of hydrogen-bond acceptors (Lipinski definition) is 7. The Kier molecular flexibility index (Phi) is 4.91. The smallest absolute Gasteiger partial charge is 0.151 e. The molecule has 3 aromatic rings. The molecule has 0 saturated carbocycles. The maximum absolute atomic E-state index is 4.56. The largest absolute Gasteiger partial charge is 0.370 e. The van der Waals surface area contributed by atoms with E-state index >= 15 is 0 Å². The summed E-state index contributed by atoms with van der Waals surface area (Å²) in [5, 5.41) is 12.1. The molecule has 4 rings (SSSR count). The molecule has 1 aliphatic heterocycles. The lowest BCUT2D eigenvalue weighted by Gasteiger charge is -2.40. The molecule has 1 N–H and O–H groups in total. The number of nitrogens with zero attached hydrogens (tertiary/aromatic N) is 6. The molecule has 27 heavy (non-hydrogen) atoms. The Labute approximate surface area is 158 Å². The van der Waals surface area contributed by atoms with E-state index in [1.54, 1.807) is 12.4 Å². The summed E-state index contributed by atoms with van der Waals surface area (Å²) in [4.78, 5) is 15.1. The number of hydrogen-bond donors (Lipinski definition) is 1. The molecule has 1 aliphatic rings. The fraction of sp³-hybridized carbons (Fsp3) is 0.350. The number of rotatable bonds is 6. The lowest BCUT2D eigenvalue weighted by Crippen LogP contribution is -2.50. The molecule has 0 spiro atoms. The Morgan fingerprint density at radius 1 is 1.04 bits per heavy atom. The highest BCUT2D eigenvalue weighted by atomic mass is 15.3. The van der Waals surface area contributed by atoms with Crippen LogP contribution in [0.2, 0.25) is 0 Å². The first-order valence-electron chi connectivity index (χ1n) is 9.25. The molecule has 0 unspecified atom stereocenters. The summed E-state index contributed by atoms with van der Waals surface area (Å²) in [6, 6.07) is 9.84. The van der Waals surface area contributed by atoms with Crippen LogP contribution < -0.4 is 10.2 Å². The quantitative estimate of drug-likeness (QED) is 0.723. The third kappa shape index (κ3) is 4.02. The third-order valence-electron chi connectivity index (χ3n) is 4.67. The summed E-state index contributed by atoms with van der Waals surface area (Å²) < 4.78 is 0. The van der Waals surface area contributed by atoms with Crippen molar-refractivity contribution in [2.45, 2.75) is 19.8 Å². The van der Waals surface area contributed by atoms with Crippen LogP contribution >= 0.6 is 0 Å². The highest BCUT2D eigenvalue weighted by Crippen LogP contribution is 2.24. The fourth-order valence-corrected chi connectivity index (χ4v) is 3.06. The zero-order valence-corrected chi connectivity index (χ0v) is 15.6. The van der Waals surface area contributed by atoms with Gasteiger partial charge in [-0.15, -0.1) is 10.2 Å². The topological polar surface area (TPSA) is 79.7 Å². The number of pyridine rings is 1. The van der Waals surface area contributed by atoms with Crippen LogP contribution in [0.5, 0.6) is 0 Å². The molecule has 4 heterocycles. The Morgan fingerprint density at radius 3 is 2.56 bits per heavy atom. The Balaban J connectivity index is 1.29. The van der Waals surface area contributed by atoms with E-state index in [0.717, 1.165) is 48.4 Å². The molecule has 1 saturated heterocycles. The van der Waals surface area contributed by atoms with Gasteiger partial charge in [-0.05, 0) is 30.3 Å². The van der Waals surface area contributed by atoms with E-state index in [9.17, 15) is 0 Å². The minimum Gasteiger partial charge on any atom is -0.370 e. The summed E-state index contributed by atoms with van der Waals surface area (Å²) in [6.07, 6.45) is 5.34. The first-order valence-corrected chi connectivity index (χ1v) is 9.25. The molecule has 7 nitrogen and oxygen atoms in total. The SMILES string of the molecule is CC(C)c1nccc(NCC2CN(c3ccc(-c4ccncc4)nn3)C2)n1. The molecule has 138 valence electrons. The molecule has 0 bridgehead atoms. The summed E-state index contributed by atoms with van der Waals surface area (Å²) >= 11 is 0. The van der Waals surface area contributed by atoms with Gasteiger partial charge in [-0.25, -0.2) is 9.97 Å². The predicted molar refractivity (Wildman–Crippen MR) is 106 cm³/mol. The van der Waals surface area contributed by atoms with Crippen molar-refractivity contribution in [3.63, 3.8) is 0 Å². The van der Waals surface area contributed by atoms with Gasteiger partial charge in [0.25, 0.3) is 0 Å². The monoisotopic (exact) mass is 361 g/mol. The standard InChI is InChI=1S/C20H23N7/c1-14(2)20-22-10-7-18(24-20)23-11-15-12-27(13-15)19-4-3-17(25-26-19)16-5-8-21-9-6-16/h3-10,14-15H,11-13H2,1-2H3,(H,22,23,24).